The van der Waals surface area contributed by atoms with Crippen LogP contribution in [0.2, 0.25) is 0 Å². The number of hydrogen-bond donors (Lipinski definition) is 2. The Labute approximate surface area is 114 Å². The number of carbonyl (C=O) groups excluding carboxylic acids is 1. The smallest absolute Gasteiger partial charge is 0.291 e. The monoisotopic (exact) mass is 264 g/mol. The van der Waals surface area contributed by atoms with Gasteiger partial charge in [-0.25, -0.2) is 4.98 Å². The number of H-pyrrole nitrogens is 1. The minimum absolute atomic E-state index is 0.158. The van der Waals surface area contributed by atoms with Crippen molar-refractivity contribution in [3.05, 3.63) is 11.6 Å². The molecule has 0 bridgehead atoms. The average molecular weight is 264 g/mol. The quantitative estimate of drug-likeness (QED) is 0.881. The molecule has 1 aromatic heterocycles. The molecule has 1 aliphatic carbocycles. The van der Waals surface area contributed by atoms with E-state index >= 15 is 0 Å². The van der Waals surface area contributed by atoms with Gasteiger partial charge in [-0.2, -0.15) is 0 Å². The van der Waals surface area contributed by atoms with Gasteiger partial charge in [-0.1, -0.05) is 27.7 Å². The van der Waals surface area contributed by atoms with Crippen molar-refractivity contribution in [3.63, 3.8) is 0 Å². The molecular weight excluding hydrogens is 240 g/mol. The summed E-state index contributed by atoms with van der Waals surface area (Å²) in [5, 5.41) is 9.89. The van der Waals surface area contributed by atoms with E-state index in [-0.39, 0.29) is 23.7 Å². The first-order valence-corrected chi connectivity index (χ1v) is 7.20. The zero-order chi connectivity index (χ0) is 14.0. The third-order valence-electron chi connectivity index (χ3n) is 4.00. The fourth-order valence-corrected chi connectivity index (χ4v) is 2.75. The van der Waals surface area contributed by atoms with Crippen LogP contribution in [0.1, 0.15) is 69.3 Å². The first-order chi connectivity index (χ1) is 8.97. The van der Waals surface area contributed by atoms with Crippen LogP contribution in [0.15, 0.2) is 0 Å². The molecule has 1 saturated carbocycles. The molecule has 5 nitrogen and oxygen atoms in total. The van der Waals surface area contributed by atoms with Crippen molar-refractivity contribution < 1.29 is 4.79 Å². The summed E-state index contributed by atoms with van der Waals surface area (Å²) >= 11 is 0. The molecule has 1 aromatic rings. The van der Waals surface area contributed by atoms with Crippen LogP contribution in [-0.4, -0.2) is 27.1 Å². The lowest BCUT2D eigenvalue weighted by molar-refractivity contribution is 0.0889. The molecule has 1 fully saturated rings. The molecule has 0 saturated heterocycles. The molecule has 106 valence electrons. The highest BCUT2D eigenvalue weighted by Crippen LogP contribution is 2.28. The van der Waals surface area contributed by atoms with Crippen molar-refractivity contribution in [2.45, 2.75) is 58.9 Å². The first kappa shape index (κ1) is 14.0. The molecule has 1 heterocycles. The van der Waals surface area contributed by atoms with Crippen molar-refractivity contribution >= 4 is 5.91 Å². The Bertz CT molecular complexity index is 440. The molecular formula is C14H24N4O. The van der Waals surface area contributed by atoms with Gasteiger partial charge in [0.15, 0.2) is 0 Å². The zero-order valence-electron chi connectivity index (χ0n) is 12.2. The number of rotatable bonds is 3. The molecule has 1 amide bonds. The number of carbonyl (C=O) groups is 1. The fourth-order valence-electron chi connectivity index (χ4n) is 2.75. The maximum Gasteiger partial charge on any atom is 0.291 e. The Morgan fingerprint density at radius 3 is 2.68 bits per heavy atom. The molecule has 2 rings (SSSR count). The van der Waals surface area contributed by atoms with Crippen LogP contribution in [0, 0.1) is 11.8 Å². The van der Waals surface area contributed by atoms with Crippen molar-refractivity contribution in [1.82, 2.24) is 20.5 Å². The maximum atomic E-state index is 12.1. The highest BCUT2D eigenvalue weighted by molar-refractivity contribution is 5.90. The molecule has 0 aliphatic heterocycles. The summed E-state index contributed by atoms with van der Waals surface area (Å²) in [6.07, 6.45) is 3.41. The lowest BCUT2D eigenvalue weighted by Crippen LogP contribution is -2.42. The van der Waals surface area contributed by atoms with Crippen LogP contribution < -0.4 is 5.32 Å². The highest BCUT2D eigenvalue weighted by Gasteiger charge is 2.27. The van der Waals surface area contributed by atoms with E-state index in [9.17, 15) is 4.79 Å². The Hall–Kier alpha value is -1.39. The number of aromatic nitrogens is 3. The molecule has 0 spiro atoms. The number of aromatic amines is 1. The topological polar surface area (TPSA) is 70.7 Å². The van der Waals surface area contributed by atoms with Gasteiger partial charge < -0.3 is 5.32 Å². The number of amides is 1. The van der Waals surface area contributed by atoms with E-state index in [1.807, 2.05) is 13.8 Å². The van der Waals surface area contributed by atoms with E-state index in [0.717, 1.165) is 18.2 Å². The summed E-state index contributed by atoms with van der Waals surface area (Å²) < 4.78 is 0. The van der Waals surface area contributed by atoms with Gasteiger partial charge in [-0.3, -0.25) is 9.89 Å². The van der Waals surface area contributed by atoms with E-state index in [2.05, 4.69) is 34.3 Å². The molecule has 19 heavy (non-hydrogen) atoms. The first-order valence-electron chi connectivity index (χ1n) is 7.20. The third kappa shape index (κ3) is 3.33. The Balaban J connectivity index is 1.96. The lowest BCUT2D eigenvalue weighted by atomic mass is 9.80. The molecule has 2 N–H and O–H groups in total. The van der Waals surface area contributed by atoms with Crippen LogP contribution in [0.5, 0.6) is 0 Å². The van der Waals surface area contributed by atoms with E-state index in [4.69, 9.17) is 0 Å². The third-order valence-corrected chi connectivity index (χ3v) is 4.00. The van der Waals surface area contributed by atoms with Gasteiger partial charge in [-0.05, 0) is 31.1 Å². The summed E-state index contributed by atoms with van der Waals surface area (Å²) in [5.41, 5.74) is 0. The highest BCUT2D eigenvalue weighted by atomic mass is 16.2. The van der Waals surface area contributed by atoms with Gasteiger partial charge in [0.2, 0.25) is 5.82 Å². The van der Waals surface area contributed by atoms with Crippen LogP contribution in [0.25, 0.3) is 0 Å². The Morgan fingerprint density at radius 1 is 1.37 bits per heavy atom. The lowest BCUT2D eigenvalue weighted by Gasteiger charge is -2.32. The number of hydrogen-bond acceptors (Lipinski definition) is 3. The predicted octanol–water partition coefficient (Wildman–Crippen LogP) is 2.48. The van der Waals surface area contributed by atoms with Gasteiger partial charge >= 0.3 is 0 Å². The summed E-state index contributed by atoms with van der Waals surface area (Å²) in [6, 6.07) is 0.254. The zero-order valence-corrected chi connectivity index (χ0v) is 12.2. The normalized spacial score (nSPS) is 27.5. The van der Waals surface area contributed by atoms with Crippen LogP contribution >= 0.6 is 0 Å². The van der Waals surface area contributed by atoms with Crippen molar-refractivity contribution in [2.75, 3.05) is 0 Å². The summed E-state index contributed by atoms with van der Waals surface area (Å²) in [4.78, 5) is 16.4. The molecule has 0 aromatic carbocycles. The summed E-state index contributed by atoms with van der Waals surface area (Å²) in [5.74, 6) is 2.40. The van der Waals surface area contributed by atoms with Gasteiger partial charge in [0, 0.05) is 12.0 Å². The molecule has 5 heteroatoms. The van der Waals surface area contributed by atoms with Crippen LogP contribution in [-0.2, 0) is 0 Å². The van der Waals surface area contributed by atoms with Gasteiger partial charge in [0.1, 0.15) is 5.82 Å². The minimum Gasteiger partial charge on any atom is -0.346 e. The van der Waals surface area contributed by atoms with E-state index in [0.29, 0.717) is 5.92 Å². The van der Waals surface area contributed by atoms with E-state index < -0.39 is 0 Å². The Kier molecular flexibility index (Phi) is 4.22. The molecule has 0 radical (unpaired) electrons. The fraction of sp³-hybridized carbons (Fsp3) is 0.786. The largest absolute Gasteiger partial charge is 0.346 e. The van der Waals surface area contributed by atoms with E-state index in [1.165, 1.54) is 12.8 Å². The summed E-state index contributed by atoms with van der Waals surface area (Å²) in [6.45, 7) is 8.52. The van der Waals surface area contributed by atoms with Crippen LogP contribution in [0.3, 0.4) is 0 Å². The second-order valence-electron chi connectivity index (χ2n) is 6.17. The number of nitrogens with one attached hydrogen (secondary N) is 2. The minimum atomic E-state index is -0.158. The molecule has 3 atom stereocenters. The van der Waals surface area contributed by atoms with Crippen molar-refractivity contribution in [1.29, 1.82) is 0 Å². The molecule has 3 unspecified atom stereocenters. The van der Waals surface area contributed by atoms with Gasteiger partial charge in [-0.15, -0.1) is 5.10 Å². The van der Waals surface area contributed by atoms with Crippen molar-refractivity contribution in [2.24, 2.45) is 11.8 Å². The van der Waals surface area contributed by atoms with Gasteiger partial charge in [0.05, 0.1) is 0 Å². The molecule has 1 aliphatic rings. The second kappa shape index (κ2) is 5.72. The maximum absolute atomic E-state index is 12.1. The van der Waals surface area contributed by atoms with Gasteiger partial charge in [0.25, 0.3) is 5.91 Å². The SMILES string of the molecule is CC1CCC(NC(=O)c2n[nH]c(C(C)C)n2)C(C)C1. The predicted molar refractivity (Wildman–Crippen MR) is 73.9 cm³/mol. The average Bonchev–Trinajstić information content (AvgIpc) is 2.82. The standard InChI is InChI=1S/C14H24N4O/c1-8(2)12-16-13(18-17-12)14(19)15-11-6-5-9(3)7-10(11)4/h8-11H,5-7H2,1-4H3,(H,15,19)(H,16,17,18). The summed E-state index contributed by atoms with van der Waals surface area (Å²) in [7, 11) is 0. The van der Waals surface area contributed by atoms with Crippen LogP contribution in [0.4, 0.5) is 0 Å². The Morgan fingerprint density at radius 2 is 2.11 bits per heavy atom. The van der Waals surface area contributed by atoms with Crippen molar-refractivity contribution in [3.8, 4) is 0 Å². The van der Waals surface area contributed by atoms with E-state index in [1.54, 1.807) is 0 Å². The second-order valence-corrected chi connectivity index (χ2v) is 6.17. The number of nitrogens with zero attached hydrogens (tertiary/aromatic N) is 2.